The van der Waals surface area contributed by atoms with Crippen molar-refractivity contribution in [3.05, 3.63) is 42.5 Å². The molecule has 5 nitrogen and oxygen atoms in total. The Hall–Kier alpha value is -1.66. The fourth-order valence-electron chi connectivity index (χ4n) is 1.37. The highest BCUT2D eigenvalue weighted by Gasteiger charge is 2.20. The van der Waals surface area contributed by atoms with Crippen LogP contribution in [0.25, 0.3) is 0 Å². The van der Waals surface area contributed by atoms with Crippen LogP contribution >= 0.6 is 0 Å². The lowest BCUT2D eigenvalue weighted by Gasteiger charge is -2.16. The standard InChI is InChI=1S/C11H14N2O3S/c1-3-8-13(2)11(14)9-6-4-5-7-10(9)17(12,15)16/h3-7H,1,8H2,2H3,(H2,12,15,16). The van der Waals surface area contributed by atoms with E-state index in [0.717, 1.165) is 0 Å². The van der Waals surface area contributed by atoms with Gasteiger partial charge in [-0.1, -0.05) is 18.2 Å². The third-order valence-electron chi connectivity index (χ3n) is 2.17. The molecule has 0 fully saturated rings. The van der Waals surface area contributed by atoms with Gasteiger partial charge < -0.3 is 4.90 Å². The number of amides is 1. The molecule has 1 amide bonds. The van der Waals surface area contributed by atoms with Gasteiger partial charge in [-0.15, -0.1) is 6.58 Å². The molecule has 0 aliphatic rings. The second-order valence-corrected chi connectivity index (χ2v) is 5.05. The van der Waals surface area contributed by atoms with Crippen LogP contribution in [0.2, 0.25) is 0 Å². The van der Waals surface area contributed by atoms with Gasteiger partial charge in [-0.25, -0.2) is 13.6 Å². The smallest absolute Gasteiger partial charge is 0.255 e. The minimum atomic E-state index is -3.90. The average molecular weight is 254 g/mol. The molecule has 1 aromatic rings. The number of hydrogen-bond donors (Lipinski definition) is 1. The van der Waals surface area contributed by atoms with Crippen molar-refractivity contribution in [2.24, 2.45) is 5.14 Å². The third kappa shape index (κ3) is 3.15. The van der Waals surface area contributed by atoms with Crippen molar-refractivity contribution in [2.45, 2.75) is 4.90 Å². The zero-order chi connectivity index (χ0) is 13.1. The van der Waals surface area contributed by atoms with E-state index in [0.29, 0.717) is 6.54 Å². The van der Waals surface area contributed by atoms with E-state index >= 15 is 0 Å². The zero-order valence-corrected chi connectivity index (χ0v) is 10.3. The maximum Gasteiger partial charge on any atom is 0.255 e. The molecule has 0 saturated carbocycles. The number of nitrogens with zero attached hydrogens (tertiary/aromatic N) is 1. The second kappa shape index (κ2) is 5.11. The molecule has 1 rings (SSSR count). The van der Waals surface area contributed by atoms with E-state index in [1.54, 1.807) is 19.2 Å². The molecule has 1 aromatic carbocycles. The molecule has 92 valence electrons. The van der Waals surface area contributed by atoms with Crippen molar-refractivity contribution < 1.29 is 13.2 Å². The third-order valence-corrected chi connectivity index (χ3v) is 3.14. The summed E-state index contributed by atoms with van der Waals surface area (Å²) < 4.78 is 22.7. The lowest BCUT2D eigenvalue weighted by molar-refractivity contribution is 0.0806. The molecular formula is C11H14N2O3S. The van der Waals surface area contributed by atoms with E-state index in [1.807, 2.05) is 0 Å². The van der Waals surface area contributed by atoms with Crippen molar-refractivity contribution in [2.75, 3.05) is 13.6 Å². The SMILES string of the molecule is C=CCN(C)C(=O)c1ccccc1S(N)(=O)=O. The van der Waals surface area contributed by atoms with Crippen LogP contribution in [-0.4, -0.2) is 32.8 Å². The normalized spacial score (nSPS) is 10.9. The largest absolute Gasteiger partial charge is 0.338 e. The summed E-state index contributed by atoms with van der Waals surface area (Å²) in [5.74, 6) is -0.408. The van der Waals surface area contributed by atoms with Gasteiger partial charge in [0.15, 0.2) is 0 Å². The minimum absolute atomic E-state index is 0.0688. The fraction of sp³-hybridized carbons (Fsp3) is 0.182. The first-order chi connectivity index (χ1) is 7.88. The first-order valence-corrected chi connectivity index (χ1v) is 6.40. The second-order valence-electron chi connectivity index (χ2n) is 3.52. The lowest BCUT2D eigenvalue weighted by Crippen LogP contribution is -2.29. The summed E-state index contributed by atoms with van der Waals surface area (Å²) in [5, 5.41) is 5.05. The maximum absolute atomic E-state index is 12.0. The molecule has 0 spiro atoms. The molecule has 0 heterocycles. The maximum atomic E-state index is 12.0. The molecule has 0 atom stereocenters. The van der Waals surface area contributed by atoms with E-state index in [-0.39, 0.29) is 10.5 Å². The lowest BCUT2D eigenvalue weighted by atomic mass is 10.2. The van der Waals surface area contributed by atoms with Crippen molar-refractivity contribution >= 4 is 15.9 Å². The Morgan fingerprint density at radius 1 is 1.47 bits per heavy atom. The molecule has 0 unspecified atom stereocenters. The van der Waals surface area contributed by atoms with Crippen LogP contribution in [0.3, 0.4) is 0 Å². The highest BCUT2D eigenvalue weighted by atomic mass is 32.2. The summed E-state index contributed by atoms with van der Waals surface area (Å²) in [5.41, 5.74) is 0.0688. The van der Waals surface area contributed by atoms with Crippen LogP contribution in [0.5, 0.6) is 0 Å². The number of sulfonamides is 1. The molecule has 0 aromatic heterocycles. The molecular weight excluding hydrogens is 240 g/mol. The van der Waals surface area contributed by atoms with Crippen LogP contribution in [0.4, 0.5) is 0 Å². The molecule has 0 aliphatic heterocycles. The van der Waals surface area contributed by atoms with Gasteiger partial charge in [0, 0.05) is 13.6 Å². The van der Waals surface area contributed by atoms with E-state index in [2.05, 4.69) is 6.58 Å². The van der Waals surface area contributed by atoms with Crippen LogP contribution < -0.4 is 5.14 Å². The predicted octanol–water partition coefficient (Wildman–Crippen LogP) is 0.592. The quantitative estimate of drug-likeness (QED) is 0.799. The molecule has 6 heteroatoms. The fourth-order valence-corrected chi connectivity index (χ4v) is 2.10. The summed E-state index contributed by atoms with van der Waals surface area (Å²) in [4.78, 5) is 13.2. The average Bonchev–Trinajstić information content (AvgIpc) is 2.27. The number of primary sulfonamides is 1. The summed E-state index contributed by atoms with van der Waals surface area (Å²) in [7, 11) is -2.34. The molecule has 0 radical (unpaired) electrons. The summed E-state index contributed by atoms with van der Waals surface area (Å²) >= 11 is 0. The Labute approximate surface area is 101 Å². The van der Waals surface area contributed by atoms with Gasteiger partial charge in [-0.2, -0.15) is 0 Å². The number of likely N-dealkylation sites (N-methyl/N-ethyl adjacent to an activating group) is 1. The van der Waals surface area contributed by atoms with E-state index in [9.17, 15) is 13.2 Å². The van der Waals surface area contributed by atoms with Gasteiger partial charge >= 0.3 is 0 Å². The Bertz CT molecular complexity index is 537. The van der Waals surface area contributed by atoms with Gasteiger partial charge in [0.2, 0.25) is 10.0 Å². The van der Waals surface area contributed by atoms with Crippen LogP contribution in [0, 0.1) is 0 Å². The summed E-state index contributed by atoms with van der Waals surface area (Å²) in [6, 6.07) is 5.85. The Morgan fingerprint density at radius 2 is 2.06 bits per heavy atom. The Balaban J connectivity index is 3.23. The number of carbonyl (C=O) groups is 1. The number of carbonyl (C=O) groups excluding carboxylic acids is 1. The van der Waals surface area contributed by atoms with Gasteiger partial charge in [0.25, 0.3) is 5.91 Å². The van der Waals surface area contributed by atoms with Gasteiger partial charge in [0.05, 0.1) is 10.5 Å². The first kappa shape index (κ1) is 13.4. The van der Waals surface area contributed by atoms with Crippen LogP contribution in [-0.2, 0) is 10.0 Å². The van der Waals surface area contributed by atoms with Crippen molar-refractivity contribution in [3.8, 4) is 0 Å². The molecule has 0 bridgehead atoms. The van der Waals surface area contributed by atoms with Gasteiger partial charge in [0.1, 0.15) is 0 Å². The van der Waals surface area contributed by atoms with Gasteiger partial charge in [-0.3, -0.25) is 4.79 Å². The van der Waals surface area contributed by atoms with Crippen LogP contribution in [0.15, 0.2) is 41.8 Å². The Morgan fingerprint density at radius 3 is 2.59 bits per heavy atom. The van der Waals surface area contributed by atoms with Gasteiger partial charge in [-0.05, 0) is 12.1 Å². The highest BCUT2D eigenvalue weighted by Crippen LogP contribution is 2.15. The summed E-state index contributed by atoms with van der Waals surface area (Å²) in [6.45, 7) is 3.84. The minimum Gasteiger partial charge on any atom is -0.338 e. The molecule has 2 N–H and O–H groups in total. The van der Waals surface area contributed by atoms with E-state index in [1.165, 1.54) is 23.1 Å². The number of hydrogen-bond acceptors (Lipinski definition) is 3. The zero-order valence-electron chi connectivity index (χ0n) is 9.46. The topological polar surface area (TPSA) is 80.5 Å². The van der Waals surface area contributed by atoms with Crippen molar-refractivity contribution in [1.29, 1.82) is 0 Å². The van der Waals surface area contributed by atoms with E-state index < -0.39 is 15.9 Å². The van der Waals surface area contributed by atoms with Crippen molar-refractivity contribution in [1.82, 2.24) is 4.90 Å². The molecule has 0 saturated heterocycles. The molecule has 0 aliphatic carbocycles. The van der Waals surface area contributed by atoms with E-state index in [4.69, 9.17) is 5.14 Å². The highest BCUT2D eigenvalue weighted by molar-refractivity contribution is 7.89. The number of nitrogens with two attached hydrogens (primary N) is 1. The Kier molecular flexibility index (Phi) is 4.03. The predicted molar refractivity (Wildman–Crippen MR) is 65.0 cm³/mol. The number of rotatable bonds is 4. The molecule has 17 heavy (non-hydrogen) atoms. The summed E-state index contributed by atoms with van der Waals surface area (Å²) in [6.07, 6.45) is 1.55. The first-order valence-electron chi connectivity index (χ1n) is 4.86. The monoisotopic (exact) mass is 254 g/mol. The number of benzene rings is 1. The van der Waals surface area contributed by atoms with Crippen molar-refractivity contribution in [3.63, 3.8) is 0 Å². The van der Waals surface area contributed by atoms with Crippen LogP contribution in [0.1, 0.15) is 10.4 Å².